The number of nitrogens with zero attached hydrogens (tertiary/aromatic N) is 4. The second-order valence-corrected chi connectivity index (χ2v) is 12.4. The van der Waals surface area contributed by atoms with Gasteiger partial charge in [0, 0.05) is 66.6 Å². The molecule has 0 saturated carbocycles. The summed E-state index contributed by atoms with van der Waals surface area (Å²) in [4.78, 5) is 12.8. The number of aromatic nitrogens is 1. The second-order valence-electron chi connectivity index (χ2n) is 12.4. The fourth-order valence-corrected chi connectivity index (χ4v) is 7.34. The lowest BCUT2D eigenvalue weighted by molar-refractivity contribution is 0.115. The summed E-state index contributed by atoms with van der Waals surface area (Å²) in [5.41, 5.74) is 6.16. The van der Waals surface area contributed by atoms with E-state index in [0.29, 0.717) is 23.9 Å². The number of phenols is 1. The highest BCUT2D eigenvalue weighted by Crippen LogP contribution is 2.40. The lowest BCUT2D eigenvalue weighted by Crippen LogP contribution is -2.55. The molecule has 6 nitrogen and oxygen atoms in total. The van der Waals surface area contributed by atoms with Crippen molar-refractivity contribution >= 4 is 16.6 Å². The Kier molecular flexibility index (Phi) is 8.69. The zero-order chi connectivity index (χ0) is 28.4. The van der Waals surface area contributed by atoms with Gasteiger partial charge < -0.3 is 15.3 Å². The van der Waals surface area contributed by atoms with Crippen molar-refractivity contribution in [2.45, 2.75) is 83.5 Å². The lowest BCUT2D eigenvalue weighted by Gasteiger charge is -2.47. The van der Waals surface area contributed by atoms with Crippen molar-refractivity contribution in [2.75, 3.05) is 45.2 Å². The van der Waals surface area contributed by atoms with Gasteiger partial charge in [0.05, 0.1) is 5.52 Å². The molecular formula is C34H49N5O. The zero-order valence-corrected chi connectivity index (χ0v) is 25.5. The minimum atomic E-state index is -0.0676. The van der Waals surface area contributed by atoms with E-state index in [0.717, 1.165) is 57.4 Å². The van der Waals surface area contributed by atoms with Crippen LogP contribution in [0, 0.1) is 0 Å². The molecule has 2 fully saturated rings. The van der Waals surface area contributed by atoms with Crippen molar-refractivity contribution in [3.63, 3.8) is 0 Å². The highest BCUT2D eigenvalue weighted by Gasteiger charge is 2.38. The molecule has 3 heterocycles. The minimum Gasteiger partial charge on any atom is -0.508 e. The van der Waals surface area contributed by atoms with Gasteiger partial charge in [-0.05, 0) is 95.1 Å². The van der Waals surface area contributed by atoms with Crippen LogP contribution in [0.15, 0.2) is 48.5 Å². The molecule has 40 heavy (non-hydrogen) atoms. The van der Waals surface area contributed by atoms with Crippen LogP contribution >= 0.6 is 0 Å². The molecule has 3 atom stereocenters. The van der Waals surface area contributed by atoms with Gasteiger partial charge in [-0.15, -0.1) is 0 Å². The minimum absolute atomic E-state index is 0.0676. The summed E-state index contributed by atoms with van der Waals surface area (Å²) < 4.78 is 0. The van der Waals surface area contributed by atoms with Crippen molar-refractivity contribution in [1.29, 1.82) is 0 Å². The van der Waals surface area contributed by atoms with Crippen LogP contribution in [-0.4, -0.2) is 72.2 Å². The van der Waals surface area contributed by atoms with E-state index < -0.39 is 0 Å². The molecule has 2 saturated heterocycles. The summed E-state index contributed by atoms with van der Waals surface area (Å²) in [6.07, 6.45) is 5.30. The van der Waals surface area contributed by atoms with Gasteiger partial charge in [-0.1, -0.05) is 38.5 Å². The summed E-state index contributed by atoms with van der Waals surface area (Å²) in [5.74, 6) is 0.343. The third-order valence-electron chi connectivity index (χ3n) is 9.39. The van der Waals surface area contributed by atoms with Gasteiger partial charge >= 0.3 is 0 Å². The third kappa shape index (κ3) is 5.72. The molecule has 3 aromatic rings. The Hall–Kier alpha value is -2.67. The first-order valence-electron chi connectivity index (χ1n) is 15.4. The molecule has 0 spiro atoms. The van der Waals surface area contributed by atoms with E-state index in [4.69, 9.17) is 4.98 Å². The van der Waals surface area contributed by atoms with Gasteiger partial charge in [0.15, 0.2) is 0 Å². The maximum absolute atomic E-state index is 10.2. The van der Waals surface area contributed by atoms with Crippen LogP contribution in [0.5, 0.6) is 5.75 Å². The summed E-state index contributed by atoms with van der Waals surface area (Å²) in [5, 5.41) is 15.1. The predicted molar refractivity (Wildman–Crippen MR) is 167 cm³/mol. The monoisotopic (exact) mass is 543 g/mol. The largest absolute Gasteiger partial charge is 0.508 e. The Morgan fingerprint density at radius 1 is 1.02 bits per heavy atom. The first-order chi connectivity index (χ1) is 19.2. The Balaban J connectivity index is 1.41. The van der Waals surface area contributed by atoms with Crippen LogP contribution in [0.4, 0.5) is 5.69 Å². The second kappa shape index (κ2) is 12.1. The Morgan fingerprint density at radius 2 is 1.75 bits per heavy atom. The fourth-order valence-electron chi connectivity index (χ4n) is 7.34. The number of piperazine rings is 1. The van der Waals surface area contributed by atoms with Crippen LogP contribution in [0.25, 0.3) is 10.9 Å². The molecule has 0 radical (unpaired) electrons. The molecule has 1 aromatic heterocycles. The predicted octanol–water partition coefficient (Wildman–Crippen LogP) is 6.08. The molecule has 2 aliphatic rings. The van der Waals surface area contributed by atoms with Gasteiger partial charge in [-0.25, -0.2) is 0 Å². The van der Waals surface area contributed by atoms with E-state index in [2.05, 4.69) is 92.1 Å². The van der Waals surface area contributed by atoms with Crippen LogP contribution in [0.2, 0.25) is 0 Å². The van der Waals surface area contributed by atoms with Crippen molar-refractivity contribution in [3.05, 3.63) is 65.4 Å². The third-order valence-corrected chi connectivity index (χ3v) is 9.39. The van der Waals surface area contributed by atoms with E-state index in [-0.39, 0.29) is 5.54 Å². The number of hydrogen-bond acceptors (Lipinski definition) is 6. The SMILES string of the molecule is CCCC(c1cc2ccc(N3CCC(c4cccc(O)c4)(N(C)C)CC3)cc2nc1CC)N1C[C@@H](C)N[C@@H](C)C1. The number of benzene rings is 2. The number of rotatable bonds is 8. The molecule has 2 aliphatic heterocycles. The quantitative estimate of drug-likeness (QED) is 0.359. The van der Waals surface area contributed by atoms with Gasteiger partial charge in [-0.3, -0.25) is 14.8 Å². The first kappa shape index (κ1) is 28.8. The van der Waals surface area contributed by atoms with Crippen molar-refractivity contribution in [2.24, 2.45) is 0 Å². The molecule has 0 bridgehead atoms. The summed E-state index contributed by atoms with van der Waals surface area (Å²) in [7, 11) is 4.33. The van der Waals surface area contributed by atoms with Crippen molar-refractivity contribution in [1.82, 2.24) is 20.1 Å². The van der Waals surface area contributed by atoms with Crippen LogP contribution in [0.3, 0.4) is 0 Å². The highest BCUT2D eigenvalue weighted by molar-refractivity contribution is 5.83. The average Bonchev–Trinajstić information content (AvgIpc) is 2.94. The van der Waals surface area contributed by atoms with Crippen molar-refractivity contribution in [3.8, 4) is 5.75 Å². The molecule has 0 aliphatic carbocycles. The molecule has 216 valence electrons. The lowest BCUT2D eigenvalue weighted by atomic mass is 9.79. The van der Waals surface area contributed by atoms with Crippen molar-refractivity contribution < 1.29 is 5.11 Å². The summed E-state index contributed by atoms with van der Waals surface area (Å²) in [6, 6.07) is 18.6. The number of aryl methyl sites for hydroxylation is 1. The van der Waals surface area contributed by atoms with Crippen LogP contribution in [-0.2, 0) is 12.0 Å². The number of anilines is 1. The molecule has 1 unspecified atom stereocenters. The number of phenolic OH excluding ortho intramolecular Hbond substituents is 1. The van der Waals surface area contributed by atoms with E-state index in [9.17, 15) is 5.11 Å². The number of nitrogens with one attached hydrogen (secondary N) is 1. The number of aromatic hydroxyl groups is 1. The maximum atomic E-state index is 10.2. The Labute approximate surface area is 241 Å². The average molecular weight is 544 g/mol. The zero-order valence-electron chi connectivity index (χ0n) is 25.5. The van der Waals surface area contributed by atoms with Gasteiger partial charge in [0.1, 0.15) is 5.75 Å². The molecule has 6 heteroatoms. The van der Waals surface area contributed by atoms with Gasteiger partial charge in [0.2, 0.25) is 0 Å². The van der Waals surface area contributed by atoms with Gasteiger partial charge in [0.25, 0.3) is 0 Å². The number of piperidine rings is 1. The molecule has 2 N–H and O–H groups in total. The Bertz CT molecular complexity index is 1290. The normalized spacial score (nSPS) is 22.6. The standard InChI is InChI=1S/C34H49N5O/c1-7-10-33(39-22-24(3)35-25(4)23-39)30-19-26-13-14-28(21-32(26)36-31(30)8-2)38-17-15-34(16-18-38,37(5)6)27-11-9-12-29(40)20-27/h9,11-14,19-21,24-25,33,35,40H,7-8,10,15-18,22-23H2,1-6H3/t24-,25+,33?. The van der Waals surface area contributed by atoms with E-state index >= 15 is 0 Å². The molecule has 5 rings (SSSR count). The number of hydrogen-bond donors (Lipinski definition) is 2. The first-order valence-corrected chi connectivity index (χ1v) is 15.4. The van der Waals surface area contributed by atoms with E-state index in [1.807, 2.05) is 12.1 Å². The van der Waals surface area contributed by atoms with Crippen LogP contribution < -0.4 is 10.2 Å². The van der Waals surface area contributed by atoms with Gasteiger partial charge in [-0.2, -0.15) is 0 Å². The summed E-state index contributed by atoms with van der Waals surface area (Å²) in [6.45, 7) is 13.3. The van der Waals surface area contributed by atoms with E-state index in [1.54, 1.807) is 6.07 Å². The number of fused-ring (bicyclic) bond motifs is 1. The highest BCUT2D eigenvalue weighted by atomic mass is 16.3. The molecule has 0 amide bonds. The molecular weight excluding hydrogens is 494 g/mol. The van der Waals surface area contributed by atoms with E-state index in [1.165, 1.54) is 34.3 Å². The topological polar surface area (TPSA) is 54.9 Å². The summed E-state index contributed by atoms with van der Waals surface area (Å²) >= 11 is 0. The number of pyridine rings is 1. The van der Waals surface area contributed by atoms with Crippen LogP contribution in [0.1, 0.15) is 76.2 Å². The maximum Gasteiger partial charge on any atom is 0.115 e. The molecule has 2 aromatic carbocycles. The fraction of sp³-hybridized carbons (Fsp3) is 0.559. The smallest absolute Gasteiger partial charge is 0.115 e. The Morgan fingerprint density at radius 3 is 2.38 bits per heavy atom.